The van der Waals surface area contributed by atoms with Gasteiger partial charge in [0.1, 0.15) is 5.75 Å². The predicted octanol–water partition coefficient (Wildman–Crippen LogP) is 3.36. The van der Waals surface area contributed by atoms with Gasteiger partial charge in [0.05, 0.1) is 6.61 Å². The number of Topliss-reactive ketones (excluding diaryl/α,β-unsaturated/α-hetero) is 2. The largest absolute Gasteiger partial charge is 0.494 e. The van der Waals surface area contributed by atoms with Gasteiger partial charge in [-0.05, 0) is 38.0 Å². The lowest BCUT2D eigenvalue weighted by molar-refractivity contribution is -0.137. The van der Waals surface area contributed by atoms with Crippen molar-refractivity contribution in [2.45, 2.75) is 40.0 Å². The molecular formula is C17H22O5. The third-order valence-electron chi connectivity index (χ3n) is 3.21. The highest BCUT2D eigenvalue weighted by Crippen LogP contribution is 2.21. The topological polar surface area (TPSA) is 80.7 Å². The lowest BCUT2D eigenvalue weighted by atomic mass is 9.94. The number of unbranched alkanes of at least 4 members (excludes halogenated alkanes) is 1. The summed E-state index contributed by atoms with van der Waals surface area (Å²) in [7, 11) is 0. The number of ether oxygens (including phenoxy) is 1. The smallest absolute Gasteiger partial charge is 0.303 e. The van der Waals surface area contributed by atoms with Crippen LogP contribution in [0.15, 0.2) is 18.2 Å². The number of carbonyl (C=O) groups is 3. The molecule has 0 aliphatic carbocycles. The first kappa shape index (κ1) is 17.9. The summed E-state index contributed by atoms with van der Waals surface area (Å²) in [4.78, 5) is 34.2. The second-order valence-corrected chi connectivity index (χ2v) is 5.48. The number of hydrogen-bond acceptors (Lipinski definition) is 4. The maximum absolute atomic E-state index is 12.1. The van der Waals surface area contributed by atoms with Crippen molar-refractivity contribution in [1.29, 1.82) is 0 Å². The number of carboxylic acid groups (broad SMARTS) is 1. The Morgan fingerprint density at radius 2 is 1.82 bits per heavy atom. The van der Waals surface area contributed by atoms with Gasteiger partial charge in [-0.3, -0.25) is 14.4 Å². The molecule has 0 fully saturated rings. The Kier molecular flexibility index (Phi) is 6.76. The Balaban J connectivity index is 2.74. The van der Waals surface area contributed by atoms with Crippen LogP contribution in [0.4, 0.5) is 0 Å². The standard InChI is InChI=1S/C17H22O5/c1-11(2)17(21)14-8-7-13(10-15(14)12(3)18)22-9-5-4-6-16(19)20/h7-8,10-11H,4-6,9H2,1-3H3,(H,19,20). The van der Waals surface area contributed by atoms with Crippen LogP contribution in [0.3, 0.4) is 0 Å². The molecule has 0 radical (unpaired) electrons. The number of rotatable bonds is 9. The van der Waals surface area contributed by atoms with Crippen LogP contribution in [0.25, 0.3) is 0 Å². The quantitative estimate of drug-likeness (QED) is 0.559. The molecule has 1 aromatic rings. The van der Waals surface area contributed by atoms with Gasteiger partial charge >= 0.3 is 5.97 Å². The minimum atomic E-state index is -0.824. The summed E-state index contributed by atoms with van der Waals surface area (Å²) < 4.78 is 5.52. The van der Waals surface area contributed by atoms with Gasteiger partial charge in [-0.25, -0.2) is 0 Å². The summed E-state index contributed by atoms with van der Waals surface area (Å²) in [6.07, 6.45) is 1.27. The molecule has 0 aromatic heterocycles. The van der Waals surface area contributed by atoms with E-state index in [0.29, 0.717) is 36.3 Å². The van der Waals surface area contributed by atoms with Gasteiger partial charge in [-0.2, -0.15) is 0 Å². The maximum atomic E-state index is 12.1. The van der Waals surface area contributed by atoms with Crippen molar-refractivity contribution in [3.05, 3.63) is 29.3 Å². The van der Waals surface area contributed by atoms with E-state index in [9.17, 15) is 14.4 Å². The minimum absolute atomic E-state index is 0.0711. The third kappa shape index (κ3) is 5.31. The van der Waals surface area contributed by atoms with Gasteiger partial charge < -0.3 is 9.84 Å². The number of ketones is 2. The second kappa shape index (κ2) is 8.32. The van der Waals surface area contributed by atoms with E-state index in [2.05, 4.69) is 0 Å². The lowest BCUT2D eigenvalue weighted by Crippen LogP contribution is -2.13. The lowest BCUT2D eigenvalue weighted by Gasteiger charge is -2.12. The van der Waals surface area contributed by atoms with Crippen LogP contribution in [0.5, 0.6) is 5.75 Å². The van der Waals surface area contributed by atoms with Gasteiger partial charge in [-0.15, -0.1) is 0 Å². The average molecular weight is 306 g/mol. The van der Waals surface area contributed by atoms with Crippen LogP contribution in [0.2, 0.25) is 0 Å². The SMILES string of the molecule is CC(=O)c1cc(OCCCCC(=O)O)ccc1C(=O)C(C)C. The van der Waals surface area contributed by atoms with Crippen LogP contribution in [0.1, 0.15) is 60.7 Å². The Morgan fingerprint density at radius 1 is 1.14 bits per heavy atom. The van der Waals surface area contributed by atoms with Crippen LogP contribution in [0, 0.1) is 5.92 Å². The van der Waals surface area contributed by atoms with Gasteiger partial charge in [0.2, 0.25) is 0 Å². The summed E-state index contributed by atoms with van der Waals surface area (Å²) >= 11 is 0. The van der Waals surface area contributed by atoms with E-state index in [4.69, 9.17) is 9.84 Å². The summed E-state index contributed by atoms with van der Waals surface area (Å²) in [6.45, 7) is 5.38. The van der Waals surface area contributed by atoms with E-state index in [1.165, 1.54) is 6.92 Å². The first-order chi connectivity index (χ1) is 10.3. The highest BCUT2D eigenvalue weighted by Gasteiger charge is 2.18. The van der Waals surface area contributed by atoms with E-state index in [-0.39, 0.29) is 23.9 Å². The van der Waals surface area contributed by atoms with Crippen LogP contribution >= 0.6 is 0 Å². The van der Waals surface area contributed by atoms with Crippen LogP contribution in [-0.2, 0) is 4.79 Å². The molecule has 0 atom stereocenters. The number of carbonyl (C=O) groups excluding carboxylic acids is 2. The van der Waals surface area contributed by atoms with Crippen molar-refractivity contribution in [1.82, 2.24) is 0 Å². The van der Waals surface area contributed by atoms with E-state index >= 15 is 0 Å². The Morgan fingerprint density at radius 3 is 2.36 bits per heavy atom. The molecule has 0 saturated carbocycles. The molecule has 1 N–H and O–H groups in total. The molecule has 0 unspecified atom stereocenters. The zero-order valence-electron chi connectivity index (χ0n) is 13.2. The fraction of sp³-hybridized carbons (Fsp3) is 0.471. The molecule has 0 bridgehead atoms. The molecule has 22 heavy (non-hydrogen) atoms. The van der Waals surface area contributed by atoms with Crippen molar-refractivity contribution in [3.8, 4) is 5.75 Å². The van der Waals surface area contributed by atoms with Crippen LogP contribution in [-0.4, -0.2) is 29.2 Å². The van der Waals surface area contributed by atoms with E-state index < -0.39 is 5.97 Å². The Labute approximate surface area is 130 Å². The van der Waals surface area contributed by atoms with Crippen molar-refractivity contribution >= 4 is 17.5 Å². The summed E-state index contributed by atoms with van der Waals surface area (Å²) in [5, 5.41) is 8.54. The number of aliphatic carboxylic acids is 1. The summed E-state index contributed by atoms with van der Waals surface area (Å²) in [6, 6.07) is 4.86. The molecule has 1 aromatic carbocycles. The molecular weight excluding hydrogens is 284 g/mol. The van der Waals surface area contributed by atoms with Gasteiger partial charge in [0.15, 0.2) is 11.6 Å². The fourth-order valence-electron chi connectivity index (χ4n) is 2.00. The van der Waals surface area contributed by atoms with Crippen LogP contribution < -0.4 is 4.74 Å². The normalized spacial score (nSPS) is 10.5. The molecule has 0 spiro atoms. The molecule has 0 aliphatic rings. The van der Waals surface area contributed by atoms with Gasteiger partial charge in [-0.1, -0.05) is 13.8 Å². The zero-order valence-corrected chi connectivity index (χ0v) is 13.2. The third-order valence-corrected chi connectivity index (χ3v) is 3.21. The zero-order chi connectivity index (χ0) is 16.7. The summed E-state index contributed by atoms with van der Waals surface area (Å²) in [5.74, 6) is -0.740. The van der Waals surface area contributed by atoms with E-state index in [1.54, 1.807) is 32.0 Å². The van der Waals surface area contributed by atoms with Crippen molar-refractivity contribution in [2.24, 2.45) is 5.92 Å². The molecule has 0 aliphatic heterocycles. The van der Waals surface area contributed by atoms with E-state index in [1.807, 2.05) is 0 Å². The Bertz CT molecular complexity index is 560. The molecule has 5 nitrogen and oxygen atoms in total. The van der Waals surface area contributed by atoms with Gasteiger partial charge in [0, 0.05) is 23.5 Å². The minimum Gasteiger partial charge on any atom is -0.494 e. The number of hydrogen-bond donors (Lipinski definition) is 1. The predicted molar refractivity (Wildman–Crippen MR) is 82.6 cm³/mol. The first-order valence-electron chi connectivity index (χ1n) is 7.36. The fourth-order valence-corrected chi connectivity index (χ4v) is 2.00. The second-order valence-electron chi connectivity index (χ2n) is 5.48. The molecule has 1 rings (SSSR count). The monoisotopic (exact) mass is 306 g/mol. The first-order valence-corrected chi connectivity index (χ1v) is 7.36. The average Bonchev–Trinajstić information content (AvgIpc) is 2.45. The maximum Gasteiger partial charge on any atom is 0.303 e. The number of carboxylic acids is 1. The molecule has 0 saturated heterocycles. The highest BCUT2D eigenvalue weighted by atomic mass is 16.5. The van der Waals surface area contributed by atoms with Crippen molar-refractivity contribution in [2.75, 3.05) is 6.61 Å². The van der Waals surface area contributed by atoms with Crippen molar-refractivity contribution < 1.29 is 24.2 Å². The Hall–Kier alpha value is -2.17. The summed E-state index contributed by atoms with van der Waals surface area (Å²) in [5.41, 5.74) is 0.780. The van der Waals surface area contributed by atoms with Gasteiger partial charge in [0.25, 0.3) is 0 Å². The highest BCUT2D eigenvalue weighted by molar-refractivity contribution is 6.08. The van der Waals surface area contributed by atoms with Crippen molar-refractivity contribution in [3.63, 3.8) is 0 Å². The van der Waals surface area contributed by atoms with E-state index in [0.717, 1.165) is 0 Å². The molecule has 120 valence electrons. The molecule has 5 heteroatoms. The number of benzene rings is 1. The molecule has 0 heterocycles. The molecule has 0 amide bonds.